The smallest absolute Gasteiger partial charge is 0.241 e. The van der Waals surface area contributed by atoms with Gasteiger partial charge in [-0.1, -0.05) is 19.1 Å². The number of hydrogen-bond acceptors (Lipinski definition) is 4. The number of ether oxygens (including phenoxy) is 1. The van der Waals surface area contributed by atoms with E-state index in [1.165, 1.54) is 12.8 Å². The second-order valence-electron chi connectivity index (χ2n) is 7.62. The summed E-state index contributed by atoms with van der Waals surface area (Å²) in [7, 11) is 0. The fraction of sp³-hybridized carbons (Fsp3) is 0.824. The zero-order valence-electron chi connectivity index (χ0n) is 14.3. The first-order chi connectivity index (χ1) is 11.0. The molecule has 3 rings (SSSR count). The van der Waals surface area contributed by atoms with Crippen molar-refractivity contribution < 1.29 is 9.53 Å². The molecule has 2 heterocycles. The van der Waals surface area contributed by atoms with Crippen LogP contribution < -0.4 is 5.32 Å². The summed E-state index contributed by atoms with van der Waals surface area (Å²) in [4.78, 5) is 12.1. The number of amides is 1. The molecule has 128 valence electrons. The molecule has 1 aliphatic carbocycles. The Morgan fingerprint density at radius 2 is 2.22 bits per heavy atom. The lowest BCUT2D eigenvalue weighted by atomic mass is 9.85. The summed E-state index contributed by atoms with van der Waals surface area (Å²) in [5.41, 5.74) is 2.51. The van der Waals surface area contributed by atoms with Crippen LogP contribution in [0.5, 0.6) is 0 Å². The van der Waals surface area contributed by atoms with Crippen molar-refractivity contribution in [3.63, 3.8) is 0 Å². The molecule has 2 aliphatic rings. The van der Waals surface area contributed by atoms with Gasteiger partial charge in [0.2, 0.25) is 5.91 Å². The Hall–Kier alpha value is -1.43. The van der Waals surface area contributed by atoms with Crippen LogP contribution in [0.15, 0.2) is 0 Å². The standard InChI is InChI=1S/C17H28N4O2/c1-17(2)9-7-13(23-12-17)8-10-18-16(22)11-21-15-6-4-3-5-14(15)19-20-21/h13H,3-12H2,1-2H3,(H,18,22). The Labute approximate surface area is 138 Å². The molecule has 1 aromatic rings. The van der Waals surface area contributed by atoms with Gasteiger partial charge in [-0.2, -0.15) is 0 Å². The second kappa shape index (κ2) is 6.99. The highest BCUT2D eigenvalue weighted by Gasteiger charge is 2.27. The van der Waals surface area contributed by atoms with Gasteiger partial charge in [0.25, 0.3) is 0 Å². The van der Waals surface area contributed by atoms with Gasteiger partial charge in [-0.05, 0) is 50.4 Å². The van der Waals surface area contributed by atoms with Crippen LogP contribution in [0.3, 0.4) is 0 Å². The topological polar surface area (TPSA) is 69.0 Å². The predicted octanol–water partition coefficient (Wildman–Crippen LogP) is 1.87. The van der Waals surface area contributed by atoms with Gasteiger partial charge in [-0.15, -0.1) is 5.10 Å². The molecular weight excluding hydrogens is 292 g/mol. The number of nitrogens with one attached hydrogen (secondary N) is 1. The van der Waals surface area contributed by atoms with E-state index in [0.29, 0.717) is 12.0 Å². The first-order valence-electron chi connectivity index (χ1n) is 8.83. The molecule has 0 spiro atoms. The number of hydrogen-bond donors (Lipinski definition) is 1. The number of carbonyl (C=O) groups excluding carboxylic acids is 1. The highest BCUT2D eigenvalue weighted by Crippen LogP contribution is 2.30. The van der Waals surface area contributed by atoms with Crippen molar-refractivity contribution in [1.82, 2.24) is 20.3 Å². The number of fused-ring (bicyclic) bond motifs is 1. The molecule has 23 heavy (non-hydrogen) atoms. The van der Waals surface area contributed by atoms with Crippen LogP contribution in [0.1, 0.15) is 57.3 Å². The summed E-state index contributed by atoms with van der Waals surface area (Å²) < 4.78 is 7.64. The molecular formula is C17H28N4O2. The summed E-state index contributed by atoms with van der Waals surface area (Å²) in [5.74, 6) is 0.0133. The Balaban J connectivity index is 1.39. The summed E-state index contributed by atoms with van der Waals surface area (Å²) in [6, 6.07) is 0. The maximum atomic E-state index is 12.1. The van der Waals surface area contributed by atoms with E-state index in [9.17, 15) is 4.79 Å². The van der Waals surface area contributed by atoms with Gasteiger partial charge in [0.15, 0.2) is 0 Å². The Kier molecular flexibility index (Phi) is 4.99. The molecule has 6 heteroatoms. The van der Waals surface area contributed by atoms with Crippen molar-refractivity contribution in [3.05, 3.63) is 11.4 Å². The quantitative estimate of drug-likeness (QED) is 0.899. The van der Waals surface area contributed by atoms with E-state index in [4.69, 9.17) is 4.74 Å². The van der Waals surface area contributed by atoms with Crippen LogP contribution in [0.25, 0.3) is 0 Å². The summed E-state index contributed by atoms with van der Waals surface area (Å²) >= 11 is 0. The fourth-order valence-electron chi connectivity index (χ4n) is 3.39. The van der Waals surface area contributed by atoms with Crippen LogP contribution in [0.2, 0.25) is 0 Å². The predicted molar refractivity (Wildman–Crippen MR) is 87.0 cm³/mol. The van der Waals surface area contributed by atoms with Crippen LogP contribution in [0.4, 0.5) is 0 Å². The molecule has 1 aromatic heterocycles. The molecule has 1 aliphatic heterocycles. The third-order valence-electron chi connectivity index (χ3n) is 4.93. The van der Waals surface area contributed by atoms with Gasteiger partial charge in [0.1, 0.15) is 6.54 Å². The zero-order chi connectivity index (χ0) is 16.3. The lowest BCUT2D eigenvalue weighted by Gasteiger charge is -2.34. The molecule has 1 N–H and O–H groups in total. The molecule has 1 unspecified atom stereocenters. The molecule has 0 radical (unpaired) electrons. The molecule has 1 atom stereocenters. The van der Waals surface area contributed by atoms with Gasteiger partial charge in [-0.3, -0.25) is 4.79 Å². The first kappa shape index (κ1) is 16.4. The van der Waals surface area contributed by atoms with E-state index in [1.807, 2.05) is 0 Å². The lowest BCUT2D eigenvalue weighted by molar-refractivity contribution is -0.122. The van der Waals surface area contributed by atoms with Crippen molar-refractivity contribution in [2.75, 3.05) is 13.2 Å². The molecule has 0 bridgehead atoms. The maximum Gasteiger partial charge on any atom is 0.241 e. The highest BCUT2D eigenvalue weighted by molar-refractivity contribution is 5.75. The van der Waals surface area contributed by atoms with Gasteiger partial charge in [0.05, 0.1) is 24.1 Å². The van der Waals surface area contributed by atoms with Crippen LogP contribution in [-0.2, 0) is 28.9 Å². The summed E-state index contributed by atoms with van der Waals surface area (Å²) in [6.07, 6.45) is 7.76. The average Bonchev–Trinajstić information content (AvgIpc) is 2.92. The van der Waals surface area contributed by atoms with Crippen LogP contribution in [-0.4, -0.2) is 40.2 Å². The molecule has 1 saturated heterocycles. The van der Waals surface area contributed by atoms with Crippen molar-refractivity contribution in [1.29, 1.82) is 0 Å². The van der Waals surface area contributed by atoms with E-state index < -0.39 is 0 Å². The molecule has 0 saturated carbocycles. The van der Waals surface area contributed by atoms with Gasteiger partial charge >= 0.3 is 0 Å². The van der Waals surface area contributed by atoms with Crippen molar-refractivity contribution in [2.45, 2.75) is 71.4 Å². The lowest BCUT2D eigenvalue weighted by Crippen LogP contribution is -2.35. The van der Waals surface area contributed by atoms with E-state index in [0.717, 1.165) is 50.1 Å². The Bertz CT molecular complexity index is 543. The minimum atomic E-state index is 0.0133. The third-order valence-corrected chi connectivity index (χ3v) is 4.93. The van der Waals surface area contributed by atoms with Crippen LogP contribution >= 0.6 is 0 Å². The summed E-state index contributed by atoms with van der Waals surface area (Å²) in [5, 5.41) is 11.3. The minimum absolute atomic E-state index is 0.0133. The minimum Gasteiger partial charge on any atom is -0.378 e. The first-order valence-corrected chi connectivity index (χ1v) is 8.83. The number of aromatic nitrogens is 3. The Morgan fingerprint density at radius 1 is 1.39 bits per heavy atom. The Morgan fingerprint density at radius 3 is 3.00 bits per heavy atom. The normalized spacial score (nSPS) is 23.3. The molecule has 6 nitrogen and oxygen atoms in total. The third kappa shape index (κ3) is 4.31. The van der Waals surface area contributed by atoms with E-state index >= 15 is 0 Å². The van der Waals surface area contributed by atoms with Crippen LogP contribution in [0, 0.1) is 5.41 Å². The molecule has 1 amide bonds. The second-order valence-corrected chi connectivity index (χ2v) is 7.62. The van der Waals surface area contributed by atoms with Crippen molar-refractivity contribution in [2.24, 2.45) is 5.41 Å². The SMILES string of the molecule is CC1(C)CCC(CCNC(=O)Cn2nnc3c2CCCC3)OC1. The number of nitrogens with zero attached hydrogens (tertiary/aromatic N) is 3. The monoisotopic (exact) mass is 320 g/mol. The van der Waals surface area contributed by atoms with Gasteiger partial charge in [0, 0.05) is 6.54 Å². The van der Waals surface area contributed by atoms with Gasteiger partial charge in [-0.25, -0.2) is 4.68 Å². The maximum absolute atomic E-state index is 12.1. The van der Waals surface area contributed by atoms with Crippen molar-refractivity contribution >= 4 is 5.91 Å². The number of carbonyl (C=O) groups is 1. The molecule has 1 fully saturated rings. The van der Waals surface area contributed by atoms with Crippen molar-refractivity contribution in [3.8, 4) is 0 Å². The zero-order valence-corrected chi connectivity index (χ0v) is 14.3. The number of rotatable bonds is 5. The molecule has 0 aromatic carbocycles. The van der Waals surface area contributed by atoms with E-state index in [-0.39, 0.29) is 18.6 Å². The fourth-order valence-corrected chi connectivity index (χ4v) is 3.39. The van der Waals surface area contributed by atoms with Gasteiger partial charge < -0.3 is 10.1 Å². The van der Waals surface area contributed by atoms with E-state index in [1.54, 1.807) is 4.68 Å². The highest BCUT2D eigenvalue weighted by atomic mass is 16.5. The number of aryl methyl sites for hydroxylation is 1. The van der Waals surface area contributed by atoms with E-state index in [2.05, 4.69) is 29.5 Å². The average molecular weight is 320 g/mol. The summed E-state index contributed by atoms with van der Waals surface area (Å²) in [6.45, 7) is 6.24. The largest absolute Gasteiger partial charge is 0.378 e.